The van der Waals surface area contributed by atoms with Gasteiger partial charge in [0, 0.05) is 13.1 Å². The van der Waals surface area contributed by atoms with Gasteiger partial charge in [0.15, 0.2) is 0 Å². The number of halogens is 4. The van der Waals surface area contributed by atoms with Crippen LogP contribution in [0.4, 0.5) is 17.3 Å². The third-order valence-corrected chi connectivity index (χ3v) is 1.46. The molecule has 7 heteroatoms. The van der Waals surface area contributed by atoms with Crippen molar-refractivity contribution in [2.24, 2.45) is 0 Å². The lowest BCUT2D eigenvalue weighted by atomic mass is 10.2. The molecule has 0 aromatic carbocycles. The fourth-order valence-electron chi connectivity index (χ4n) is 0.882. The lowest BCUT2D eigenvalue weighted by molar-refractivity contribution is 0.0267. The van der Waals surface area contributed by atoms with Crippen LogP contribution in [0.15, 0.2) is 0 Å². The van der Waals surface area contributed by atoms with Gasteiger partial charge in [0.05, 0.1) is 12.7 Å². The van der Waals surface area contributed by atoms with E-state index in [1.54, 1.807) is 0 Å². The molecule has 0 radical (unpaired) electrons. The van der Waals surface area contributed by atoms with Gasteiger partial charge in [-0.2, -0.15) is 0 Å². The Bertz CT molecular complexity index is 120. The van der Waals surface area contributed by atoms with Gasteiger partial charge in [-0.1, -0.05) is 6.92 Å². The molecule has 1 aliphatic rings. The Balaban J connectivity index is 0.000000252. The van der Waals surface area contributed by atoms with Crippen molar-refractivity contribution in [2.45, 2.75) is 19.4 Å². The van der Waals surface area contributed by atoms with E-state index in [0.29, 0.717) is 6.10 Å². The summed E-state index contributed by atoms with van der Waals surface area (Å²) in [4.78, 5) is 0. The quantitative estimate of drug-likeness (QED) is 0.515. The second kappa shape index (κ2) is 6.20. The summed E-state index contributed by atoms with van der Waals surface area (Å²) in [5.41, 5.74) is 0. The molecule has 80 valence electrons. The van der Waals surface area contributed by atoms with E-state index in [9.17, 15) is 17.3 Å². The highest BCUT2D eigenvalue weighted by Gasteiger charge is 2.20. The highest BCUT2D eigenvalue weighted by atomic mass is 19.5. The van der Waals surface area contributed by atoms with Gasteiger partial charge in [-0.05, 0) is 6.42 Å². The molecule has 0 saturated carbocycles. The first-order valence-corrected chi connectivity index (χ1v) is 4.13. The van der Waals surface area contributed by atoms with Crippen LogP contribution in [-0.4, -0.2) is 33.1 Å². The predicted octanol–water partition coefficient (Wildman–Crippen LogP) is 1.68. The van der Waals surface area contributed by atoms with Crippen LogP contribution in [0.3, 0.4) is 0 Å². The van der Waals surface area contributed by atoms with Crippen molar-refractivity contribution in [1.82, 2.24) is 5.32 Å². The Morgan fingerprint density at radius 2 is 1.92 bits per heavy atom. The number of nitrogens with one attached hydrogen (secondary N) is 1. The first-order chi connectivity index (χ1) is 5.93. The van der Waals surface area contributed by atoms with E-state index in [1.165, 1.54) is 0 Å². The number of ether oxygens (including phenoxy) is 1. The Labute approximate surface area is 74.7 Å². The third-order valence-electron chi connectivity index (χ3n) is 1.46. The zero-order chi connectivity index (χ0) is 10.3. The van der Waals surface area contributed by atoms with Gasteiger partial charge >= 0.3 is 7.25 Å². The van der Waals surface area contributed by atoms with Crippen LogP contribution >= 0.6 is 0 Å². The highest BCUT2D eigenvalue weighted by Crippen LogP contribution is 2.06. The monoisotopic (exact) mass is 202 g/mol. The number of morpholine rings is 1. The Morgan fingerprint density at radius 3 is 2.15 bits per heavy atom. The summed E-state index contributed by atoms with van der Waals surface area (Å²) < 4.78 is 44.4. The third kappa shape index (κ3) is 11.7. The average Bonchev–Trinajstić information content (AvgIpc) is 2.03. The Kier molecular flexibility index (Phi) is 6.06. The van der Waals surface area contributed by atoms with Crippen LogP contribution in [0.25, 0.3) is 0 Å². The van der Waals surface area contributed by atoms with Gasteiger partial charge in [-0.3, -0.25) is 0 Å². The minimum Gasteiger partial charge on any atom is -0.418 e. The second-order valence-corrected chi connectivity index (χ2v) is 2.60. The minimum absolute atomic E-state index is 0.476. The van der Waals surface area contributed by atoms with Crippen LogP contribution in [-0.2, 0) is 4.74 Å². The molecule has 1 heterocycles. The summed E-state index contributed by atoms with van der Waals surface area (Å²) in [5, 5.41) is 3.26. The smallest absolute Gasteiger partial charge is 0.418 e. The summed E-state index contributed by atoms with van der Waals surface area (Å²) >= 11 is 0. The molecule has 2 nitrogen and oxygen atoms in total. The Hall–Kier alpha value is -0.295. The largest absolute Gasteiger partial charge is 0.673 e. The molecule has 1 saturated heterocycles. The van der Waals surface area contributed by atoms with Crippen molar-refractivity contribution < 1.29 is 22.0 Å². The predicted molar refractivity (Wildman–Crippen MR) is 43.1 cm³/mol. The van der Waals surface area contributed by atoms with Crippen LogP contribution < -0.4 is 5.32 Å². The zero-order valence-corrected chi connectivity index (χ0v) is 7.40. The summed E-state index contributed by atoms with van der Waals surface area (Å²) in [6.07, 6.45) is 1.61. The molecule has 1 fully saturated rings. The van der Waals surface area contributed by atoms with Gasteiger partial charge in [-0.25, -0.2) is 0 Å². The molecule has 1 aliphatic heterocycles. The van der Waals surface area contributed by atoms with Gasteiger partial charge in [0.1, 0.15) is 0 Å². The van der Waals surface area contributed by atoms with Gasteiger partial charge in [-0.15, -0.1) is 0 Å². The lowest BCUT2D eigenvalue weighted by Gasteiger charge is -2.21. The van der Waals surface area contributed by atoms with E-state index in [0.717, 1.165) is 26.1 Å². The maximum atomic E-state index is 9.75. The average molecular weight is 202 g/mol. The van der Waals surface area contributed by atoms with Gasteiger partial charge in [0.2, 0.25) is 0 Å². The maximum Gasteiger partial charge on any atom is 0.673 e. The fraction of sp³-hybridized carbons (Fsp3) is 1.00. The molecule has 0 spiro atoms. The van der Waals surface area contributed by atoms with E-state index in [2.05, 4.69) is 12.2 Å². The van der Waals surface area contributed by atoms with Crippen molar-refractivity contribution >= 4 is 7.25 Å². The van der Waals surface area contributed by atoms with Crippen molar-refractivity contribution in [3.63, 3.8) is 0 Å². The fourth-order valence-corrected chi connectivity index (χ4v) is 0.882. The molecule has 1 rings (SSSR count). The molecule has 0 amide bonds. The normalized spacial score (nSPS) is 23.3. The molecular formula is C6H13BF4NO-. The van der Waals surface area contributed by atoms with Crippen molar-refractivity contribution in [3.05, 3.63) is 0 Å². The zero-order valence-electron chi connectivity index (χ0n) is 7.40. The molecule has 0 bridgehead atoms. The highest BCUT2D eigenvalue weighted by molar-refractivity contribution is 6.50. The van der Waals surface area contributed by atoms with Crippen molar-refractivity contribution in [3.8, 4) is 0 Å². The molecular weight excluding hydrogens is 189 g/mol. The standard InChI is InChI=1S/C6H13NO.BF4/c1-2-6-5-7-3-4-8-6;2-1(3,4)5/h6-7H,2-5H2,1H3;/q;-1. The molecule has 0 aliphatic carbocycles. The molecule has 0 aromatic heterocycles. The van der Waals surface area contributed by atoms with E-state index in [1.807, 2.05) is 0 Å². The number of hydrogen-bond donors (Lipinski definition) is 1. The maximum absolute atomic E-state index is 9.75. The van der Waals surface area contributed by atoms with Crippen molar-refractivity contribution in [1.29, 1.82) is 0 Å². The lowest BCUT2D eigenvalue weighted by Crippen LogP contribution is -2.37. The summed E-state index contributed by atoms with van der Waals surface area (Å²) in [6, 6.07) is 0. The SMILES string of the molecule is CCC1CNCCO1.F[B-](F)(F)F. The van der Waals surface area contributed by atoms with E-state index in [-0.39, 0.29) is 0 Å². The van der Waals surface area contributed by atoms with Crippen LogP contribution in [0.1, 0.15) is 13.3 Å². The Morgan fingerprint density at radius 1 is 1.38 bits per heavy atom. The van der Waals surface area contributed by atoms with Gasteiger partial charge < -0.3 is 27.3 Å². The minimum atomic E-state index is -6.00. The van der Waals surface area contributed by atoms with Crippen LogP contribution in [0, 0.1) is 0 Å². The van der Waals surface area contributed by atoms with Crippen LogP contribution in [0.2, 0.25) is 0 Å². The first-order valence-electron chi connectivity index (χ1n) is 4.13. The molecule has 0 aromatic rings. The first kappa shape index (κ1) is 12.7. The number of rotatable bonds is 1. The summed E-state index contributed by atoms with van der Waals surface area (Å²) in [7, 11) is -6.00. The second-order valence-electron chi connectivity index (χ2n) is 2.60. The van der Waals surface area contributed by atoms with E-state index < -0.39 is 7.25 Å². The van der Waals surface area contributed by atoms with E-state index in [4.69, 9.17) is 4.74 Å². The number of hydrogen-bond acceptors (Lipinski definition) is 2. The van der Waals surface area contributed by atoms with Gasteiger partial charge in [0.25, 0.3) is 0 Å². The molecule has 1 N–H and O–H groups in total. The molecule has 1 unspecified atom stereocenters. The van der Waals surface area contributed by atoms with Crippen LogP contribution in [0.5, 0.6) is 0 Å². The summed E-state index contributed by atoms with van der Waals surface area (Å²) in [5.74, 6) is 0. The topological polar surface area (TPSA) is 21.3 Å². The molecule has 1 atom stereocenters. The summed E-state index contributed by atoms with van der Waals surface area (Å²) in [6.45, 7) is 5.10. The molecule has 13 heavy (non-hydrogen) atoms. The van der Waals surface area contributed by atoms with E-state index >= 15 is 0 Å². The van der Waals surface area contributed by atoms with Crippen molar-refractivity contribution in [2.75, 3.05) is 19.7 Å².